The van der Waals surface area contributed by atoms with Crippen LogP contribution in [-0.4, -0.2) is 0 Å². The van der Waals surface area contributed by atoms with Gasteiger partial charge in [-0.15, -0.1) is 0 Å². The quantitative estimate of drug-likeness (QED) is 0.137. The Labute approximate surface area is 427 Å². The summed E-state index contributed by atoms with van der Waals surface area (Å²) in [4.78, 5) is 4.58. The van der Waals surface area contributed by atoms with E-state index in [1.165, 1.54) is 22.3 Å². The number of hydrogen-bond donors (Lipinski definition) is 0. The first-order valence-corrected chi connectivity index (χ1v) is 24.7. The van der Waals surface area contributed by atoms with Crippen LogP contribution in [0.15, 0.2) is 255 Å². The van der Waals surface area contributed by atoms with E-state index in [0.29, 0.717) is 11.1 Å². The summed E-state index contributed by atoms with van der Waals surface area (Å²) in [6.07, 6.45) is 0. The highest BCUT2D eigenvalue weighted by Gasteiger charge is 2.39. The summed E-state index contributed by atoms with van der Waals surface area (Å²) >= 11 is 0. The minimum atomic E-state index is -0.487. The summed E-state index contributed by atoms with van der Waals surface area (Å²) in [7, 11) is 0. The van der Waals surface area contributed by atoms with Crippen LogP contribution in [0.1, 0.15) is 36.1 Å². The van der Waals surface area contributed by atoms with Gasteiger partial charge in [-0.3, -0.25) is 0 Å². The van der Waals surface area contributed by atoms with E-state index in [0.717, 1.165) is 89.4 Å². The van der Waals surface area contributed by atoms with E-state index in [-0.39, 0.29) is 0 Å². The second kappa shape index (κ2) is 18.5. The molecule has 12 rings (SSSR count). The Hall–Kier alpha value is -9.74. The normalized spacial score (nSPS) is 12.1. The average Bonchev–Trinajstić information content (AvgIpc) is 3.69. The molecule has 0 aromatic heterocycles. The van der Waals surface area contributed by atoms with Crippen LogP contribution < -0.4 is 9.80 Å². The van der Waals surface area contributed by atoms with Crippen molar-refractivity contribution in [1.82, 2.24) is 0 Å². The molecular weight excluding hydrogens is 885 g/mol. The van der Waals surface area contributed by atoms with Crippen LogP contribution in [-0.2, 0) is 5.41 Å². The van der Waals surface area contributed by atoms with E-state index in [1.807, 2.05) is 72.8 Å². The van der Waals surface area contributed by atoms with Gasteiger partial charge in [-0.05, 0) is 128 Å². The van der Waals surface area contributed by atoms with Gasteiger partial charge in [-0.1, -0.05) is 202 Å². The van der Waals surface area contributed by atoms with E-state index in [4.69, 9.17) is 0 Å². The zero-order valence-corrected chi connectivity index (χ0v) is 40.5. The fraction of sp³-hybridized carbons (Fsp3) is 0.0435. The first-order valence-electron chi connectivity index (χ1n) is 24.7. The molecule has 0 saturated carbocycles. The molecule has 0 atom stereocenters. The maximum atomic E-state index is 11.3. The van der Waals surface area contributed by atoms with Crippen LogP contribution in [0, 0.1) is 22.7 Å². The maximum absolute atomic E-state index is 11.3. The lowest BCUT2D eigenvalue weighted by atomic mass is 9.81. The lowest BCUT2D eigenvalue weighted by Gasteiger charge is -2.32. The molecular formula is C69H48N4. The molecule has 0 heterocycles. The fourth-order valence-electron chi connectivity index (χ4n) is 11.0. The molecule has 0 unspecified atom stereocenters. The van der Waals surface area contributed by atoms with E-state index in [2.05, 4.69) is 218 Å². The molecule has 0 amide bonds. The lowest BCUT2D eigenvalue weighted by Crippen LogP contribution is -2.19. The Morgan fingerprint density at radius 2 is 0.740 bits per heavy atom. The first-order chi connectivity index (χ1) is 35.9. The van der Waals surface area contributed by atoms with E-state index < -0.39 is 5.41 Å². The number of benzene rings is 11. The number of para-hydroxylation sites is 2. The number of nitriles is 2. The highest BCUT2D eigenvalue weighted by molar-refractivity contribution is 6.11. The summed E-state index contributed by atoms with van der Waals surface area (Å²) in [6.45, 7) is 4.66. The van der Waals surface area contributed by atoms with Crippen LogP contribution in [0.4, 0.5) is 34.1 Å². The van der Waals surface area contributed by atoms with E-state index >= 15 is 0 Å². The van der Waals surface area contributed by atoms with Gasteiger partial charge in [-0.25, -0.2) is 0 Å². The van der Waals surface area contributed by atoms with Gasteiger partial charge >= 0.3 is 0 Å². The molecule has 73 heavy (non-hydrogen) atoms. The van der Waals surface area contributed by atoms with Crippen molar-refractivity contribution < 1.29 is 0 Å². The molecule has 11 aromatic carbocycles. The number of nitrogens with zero attached hydrogens (tertiary/aromatic N) is 4. The maximum Gasteiger partial charge on any atom is 0.101 e. The Balaban J connectivity index is 1.08. The molecule has 11 aromatic rings. The third-order valence-corrected chi connectivity index (χ3v) is 14.5. The molecule has 0 bridgehead atoms. The van der Waals surface area contributed by atoms with Crippen LogP contribution in [0.25, 0.3) is 66.4 Å². The zero-order chi connectivity index (χ0) is 49.5. The standard InChI is InChI=1S/C69H48N4/c1-69(2)63-43-57(72(55-31-17-7-18-32-55)67-53(45-70)39-51(47-23-9-3-10-24-47)41-61(67)49-27-13-5-14-28-49)37-38-60(63)66-59-36-22-21-35-58(59)65(44-64(66)69)73(56-33-19-8-20-34-56)68-54(46-71)40-52(48-25-11-4-12-26-48)42-62(68)50-29-15-6-16-30-50/h3-44H,1-2H3. The van der Waals surface area contributed by atoms with Crippen molar-refractivity contribution in [3.8, 4) is 67.8 Å². The van der Waals surface area contributed by atoms with Gasteiger partial charge in [-0.2, -0.15) is 10.5 Å². The minimum Gasteiger partial charge on any atom is -0.309 e. The van der Waals surface area contributed by atoms with Crippen molar-refractivity contribution in [2.24, 2.45) is 0 Å². The molecule has 0 N–H and O–H groups in total. The number of anilines is 6. The second-order valence-corrected chi connectivity index (χ2v) is 19.1. The minimum absolute atomic E-state index is 0.487. The first kappa shape index (κ1) is 44.5. The Bertz CT molecular complexity index is 3930. The molecule has 0 saturated heterocycles. The number of hydrogen-bond acceptors (Lipinski definition) is 4. The van der Waals surface area contributed by atoms with Gasteiger partial charge in [0.25, 0.3) is 0 Å². The van der Waals surface area contributed by atoms with Gasteiger partial charge in [0.2, 0.25) is 0 Å². The summed E-state index contributed by atoms with van der Waals surface area (Å²) in [5, 5.41) is 24.7. The van der Waals surface area contributed by atoms with Gasteiger partial charge in [0.1, 0.15) is 12.1 Å². The van der Waals surface area contributed by atoms with Crippen molar-refractivity contribution in [3.63, 3.8) is 0 Å². The monoisotopic (exact) mass is 932 g/mol. The van der Waals surface area contributed by atoms with Gasteiger partial charge in [0.15, 0.2) is 0 Å². The lowest BCUT2D eigenvalue weighted by molar-refractivity contribution is 0.661. The van der Waals surface area contributed by atoms with Crippen LogP contribution in [0.2, 0.25) is 0 Å². The van der Waals surface area contributed by atoms with Crippen molar-refractivity contribution in [2.45, 2.75) is 19.3 Å². The Morgan fingerprint density at radius 3 is 1.22 bits per heavy atom. The molecule has 4 nitrogen and oxygen atoms in total. The highest BCUT2D eigenvalue weighted by Crippen LogP contribution is 2.57. The highest BCUT2D eigenvalue weighted by atomic mass is 15.2. The third kappa shape index (κ3) is 7.80. The van der Waals surface area contributed by atoms with Gasteiger partial charge in [0, 0.05) is 39.0 Å². The van der Waals surface area contributed by atoms with E-state index in [9.17, 15) is 10.5 Å². The smallest absolute Gasteiger partial charge is 0.101 e. The third-order valence-electron chi connectivity index (χ3n) is 14.5. The van der Waals surface area contributed by atoms with Crippen molar-refractivity contribution in [2.75, 3.05) is 9.80 Å². The fourth-order valence-corrected chi connectivity index (χ4v) is 11.0. The van der Waals surface area contributed by atoms with Crippen molar-refractivity contribution in [3.05, 3.63) is 277 Å². The summed E-state index contributed by atoms with van der Waals surface area (Å²) in [5.74, 6) is 0. The molecule has 0 aliphatic heterocycles. The number of rotatable bonds is 10. The predicted molar refractivity (Wildman–Crippen MR) is 302 cm³/mol. The van der Waals surface area contributed by atoms with Crippen LogP contribution in [0.5, 0.6) is 0 Å². The van der Waals surface area contributed by atoms with Crippen molar-refractivity contribution in [1.29, 1.82) is 10.5 Å². The van der Waals surface area contributed by atoms with Crippen LogP contribution >= 0.6 is 0 Å². The summed E-state index contributed by atoms with van der Waals surface area (Å²) in [6, 6.07) is 94.1. The van der Waals surface area contributed by atoms with Gasteiger partial charge in [0.05, 0.1) is 28.2 Å². The summed E-state index contributed by atoms with van der Waals surface area (Å²) < 4.78 is 0. The Morgan fingerprint density at radius 1 is 0.329 bits per heavy atom. The van der Waals surface area contributed by atoms with Crippen LogP contribution in [0.3, 0.4) is 0 Å². The van der Waals surface area contributed by atoms with E-state index in [1.54, 1.807) is 0 Å². The molecule has 1 aliphatic carbocycles. The molecule has 4 heteroatoms. The molecule has 0 radical (unpaired) electrons. The molecule has 0 spiro atoms. The number of fused-ring (bicyclic) bond motifs is 5. The zero-order valence-electron chi connectivity index (χ0n) is 40.5. The second-order valence-electron chi connectivity index (χ2n) is 19.1. The average molecular weight is 933 g/mol. The SMILES string of the molecule is CC1(C)c2cc(N(c3ccccc3)c3c(C#N)cc(-c4ccccc4)cc3-c3ccccc3)ccc2-c2c1cc(N(c1ccccc1)c1c(C#N)cc(-c3ccccc3)cc1-c1ccccc1)c1ccccc21. The molecule has 0 fully saturated rings. The molecule has 1 aliphatic rings. The van der Waals surface area contributed by atoms with Crippen molar-refractivity contribution >= 4 is 44.9 Å². The largest absolute Gasteiger partial charge is 0.309 e. The topological polar surface area (TPSA) is 54.1 Å². The van der Waals surface area contributed by atoms with Gasteiger partial charge < -0.3 is 9.80 Å². The summed E-state index contributed by atoms with van der Waals surface area (Å²) in [5.41, 5.74) is 18.9. The Kier molecular flexibility index (Phi) is 11.3. The molecule has 344 valence electrons. The predicted octanol–water partition coefficient (Wildman–Crippen LogP) is 18.5.